The van der Waals surface area contributed by atoms with Gasteiger partial charge in [-0.05, 0) is 23.7 Å². The Morgan fingerprint density at radius 3 is 3.00 bits per heavy atom. The summed E-state index contributed by atoms with van der Waals surface area (Å²) < 4.78 is 0.711. The summed E-state index contributed by atoms with van der Waals surface area (Å²) in [7, 11) is 0. The van der Waals surface area contributed by atoms with Crippen LogP contribution >= 0.6 is 0 Å². The Balaban J connectivity index is 2.52. The van der Waals surface area contributed by atoms with Gasteiger partial charge < -0.3 is 5.21 Å². The minimum atomic E-state index is 0.414. The van der Waals surface area contributed by atoms with Crippen molar-refractivity contribution in [3.63, 3.8) is 0 Å². The van der Waals surface area contributed by atoms with Crippen LogP contribution in [0.2, 0.25) is 0 Å². The summed E-state index contributed by atoms with van der Waals surface area (Å²) in [6.45, 7) is 0. The summed E-state index contributed by atoms with van der Waals surface area (Å²) in [5, 5.41) is 14.9. The van der Waals surface area contributed by atoms with Gasteiger partial charge in [0.2, 0.25) is 5.69 Å². The molecule has 6 heteroatoms. The smallest absolute Gasteiger partial charge is 0.242 e. The van der Waals surface area contributed by atoms with Crippen molar-refractivity contribution in [2.45, 2.75) is 0 Å². The van der Waals surface area contributed by atoms with E-state index in [2.05, 4.69) is 15.0 Å². The maximum absolute atomic E-state index is 11.5. The first kappa shape index (κ1) is 9.95. The van der Waals surface area contributed by atoms with Gasteiger partial charge in [0.25, 0.3) is 0 Å². The zero-order chi connectivity index (χ0) is 11.4. The fraction of sp³-hybridized carbons (Fsp3) is 0. The molecule has 0 aliphatic rings. The topological polar surface area (TPSA) is 88.6 Å². The van der Waals surface area contributed by atoms with Crippen molar-refractivity contribution in [1.82, 2.24) is 4.98 Å². The van der Waals surface area contributed by atoms with Crippen molar-refractivity contribution in [3.8, 4) is 11.4 Å². The summed E-state index contributed by atoms with van der Waals surface area (Å²) in [6.07, 6.45) is 2.88. The first-order valence-corrected chi connectivity index (χ1v) is 4.51. The summed E-state index contributed by atoms with van der Waals surface area (Å²) in [5.41, 5.74) is 9.62. The molecule has 0 aromatic carbocycles. The van der Waals surface area contributed by atoms with Crippen molar-refractivity contribution in [1.29, 1.82) is 0 Å². The van der Waals surface area contributed by atoms with Crippen LogP contribution in [-0.2, 0) is 0 Å². The molecule has 0 spiro atoms. The molecule has 0 aliphatic carbocycles. The molecule has 2 aromatic rings. The highest BCUT2D eigenvalue weighted by Gasteiger charge is 2.08. The van der Waals surface area contributed by atoms with Crippen LogP contribution in [0.5, 0.6) is 0 Å². The van der Waals surface area contributed by atoms with E-state index in [0.29, 0.717) is 21.8 Å². The number of aromatic nitrogens is 2. The highest BCUT2D eigenvalue weighted by molar-refractivity contribution is 5.56. The van der Waals surface area contributed by atoms with Crippen molar-refractivity contribution < 1.29 is 4.73 Å². The summed E-state index contributed by atoms with van der Waals surface area (Å²) in [5.74, 6) is 0. The molecule has 2 aromatic heterocycles. The molecule has 0 saturated carbocycles. The Morgan fingerprint density at radius 2 is 2.25 bits per heavy atom. The molecular weight excluding hydrogens is 206 g/mol. The molecule has 0 atom stereocenters. The molecule has 0 amide bonds. The summed E-state index contributed by atoms with van der Waals surface area (Å²) >= 11 is 0. The van der Waals surface area contributed by atoms with Gasteiger partial charge in [-0.1, -0.05) is 5.11 Å². The van der Waals surface area contributed by atoms with E-state index >= 15 is 0 Å². The van der Waals surface area contributed by atoms with Crippen LogP contribution < -0.4 is 4.73 Å². The summed E-state index contributed by atoms with van der Waals surface area (Å²) in [6, 6.07) is 8.15. The number of azide groups is 1. The van der Waals surface area contributed by atoms with Crippen LogP contribution in [0.1, 0.15) is 0 Å². The second-order valence-electron chi connectivity index (χ2n) is 3.00. The molecule has 16 heavy (non-hydrogen) atoms. The van der Waals surface area contributed by atoms with Crippen molar-refractivity contribution >= 4 is 5.69 Å². The molecule has 78 valence electrons. The Bertz CT molecular complexity index is 563. The van der Waals surface area contributed by atoms with Gasteiger partial charge in [-0.2, -0.15) is 4.73 Å². The van der Waals surface area contributed by atoms with Crippen LogP contribution in [0.25, 0.3) is 21.8 Å². The number of hydrogen-bond acceptors (Lipinski definition) is 3. The molecule has 2 heterocycles. The minimum absolute atomic E-state index is 0.414. The molecule has 0 radical (unpaired) electrons. The monoisotopic (exact) mass is 213 g/mol. The maximum Gasteiger partial charge on any atom is 0.242 e. The van der Waals surface area contributed by atoms with E-state index in [4.69, 9.17) is 5.53 Å². The molecular formula is C10H7N5O. The summed E-state index contributed by atoms with van der Waals surface area (Å²) in [4.78, 5) is 6.72. The van der Waals surface area contributed by atoms with Gasteiger partial charge in [0.15, 0.2) is 6.20 Å². The van der Waals surface area contributed by atoms with Crippen LogP contribution in [0.3, 0.4) is 0 Å². The quantitative estimate of drug-likeness (QED) is 0.252. The van der Waals surface area contributed by atoms with Gasteiger partial charge in [-0.15, -0.1) is 0 Å². The van der Waals surface area contributed by atoms with E-state index in [-0.39, 0.29) is 0 Å². The zero-order valence-electron chi connectivity index (χ0n) is 8.19. The van der Waals surface area contributed by atoms with Gasteiger partial charge in [0.05, 0.1) is 0 Å². The minimum Gasteiger partial charge on any atom is -0.618 e. The predicted octanol–water partition coefficient (Wildman–Crippen LogP) is 2.32. The van der Waals surface area contributed by atoms with E-state index in [1.54, 1.807) is 30.3 Å². The third-order valence-corrected chi connectivity index (χ3v) is 1.99. The number of hydrogen-bond donors (Lipinski definition) is 0. The SMILES string of the molecule is [N-]=[N+]=Nc1ccnc(-c2cccc[n+]2[O-])c1. The van der Waals surface area contributed by atoms with E-state index in [1.807, 2.05) is 0 Å². The largest absolute Gasteiger partial charge is 0.618 e. The third-order valence-electron chi connectivity index (χ3n) is 1.99. The molecule has 0 aliphatic heterocycles. The van der Waals surface area contributed by atoms with Crippen molar-refractivity contribution in [2.75, 3.05) is 0 Å². The number of rotatable bonds is 2. The lowest BCUT2D eigenvalue weighted by Gasteiger charge is -2.02. The lowest BCUT2D eigenvalue weighted by Crippen LogP contribution is -2.28. The van der Waals surface area contributed by atoms with Crippen LogP contribution in [0, 0.1) is 5.21 Å². The van der Waals surface area contributed by atoms with Crippen LogP contribution in [0.15, 0.2) is 47.8 Å². The molecule has 6 nitrogen and oxygen atoms in total. The van der Waals surface area contributed by atoms with Gasteiger partial charge in [0.1, 0.15) is 5.69 Å². The average molecular weight is 213 g/mol. The fourth-order valence-electron chi connectivity index (χ4n) is 1.30. The second kappa shape index (κ2) is 4.29. The molecule has 2 rings (SSSR count). The van der Waals surface area contributed by atoms with E-state index in [0.717, 1.165) is 0 Å². The van der Waals surface area contributed by atoms with Crippen LogP contribution in [-0.4, -0.2) is 4.98 Å². The predicted molar refractivity (Wildman–Crippen MR) is 57.4 cm³/mol. The molecule has 0 N–H and O–H groups in total. The zero-order valence-corrected chi connectivity index (χ0v) is 8.19. The van der Waals surface area contributed by atoms with Crippen molar-refractivity contribution in [2.24, 2.45) is 5.11 Å². The van der Waals surface area contributed by atoms with Gasteiger partial charge in [0, 0.05) is 28.9 Å². The molecule has 0 bridgehead atoms. The van der Waals surface area contributed by atoms with E-state index in [9.17, 15) is 5.21 Å². The van der Waals surface area contributed by atoms with Crippen LogP contribution in [0.4, 0.5) is 5.69 Å². The second-order valence-corrected chi connectivity index (χ2v) is 3.00. The normalized spacial score (nSPS) is 9.50. The molecule has 0 fully saturated rings. The average Bonchev–Trinajstić information content (AvgIpc) is 2.30. The lowest BCUT2D eigenvalue weighted by molar-refractivity contribution is -0.593. The standard InChI is InChI=1S/C10H7N5O/c11-14-13-8-4-5-12-9(7-8)10-3-1-2-6-15(10)16/h1-7H. The Hall–Kier alpha value is -2.59. The van der Waals surface area contributed by atoms with Gasteiger partial charge in [-0.3, -0.25) is 0 Å². The fourth-order valence-corrected chi connectivity index (χ4v) is 1.30. The Labute approximate surface area is 91.0 Å². The molecule has 0 unspecified atom stereocenters. The lowest BCUT2D eigenvalue weighted by atomic mass is 10.2. The number of pyridine rings is 2. The van der Waals surface area contributed by atoms with Crippen molar-refractivity contribution in [3.05, 3.63) is 58.4 Å². The first-order valence-electron chi connectivity index (χ1n) is 4.51. The van der Waals surface area contributed by atoms with E-state index < -0.39 is 0 Å². The van der Waals surface area contributed by atoms with Gasteiger partial charge in [-0.25, -0.2) is 4.98 Å². The third kappa shape index (κ3) is 1.92. The number of nitrogens with zero attached hydrogens (tertiary/aromatic N) is 5. The molecule has 0 saturated heterocycles. The highest BCUT2D eigenvalue weighted by Crippen LogP contribution is 2.18. The van der Waals surface area contributed by atoms with E-state index in [1.165, 1.54) is 12.4 Å². The first-order chi connectivity index (χ1) is 7.81. The van der Waals surface area contributed by atoms with Gasteiger partial charge >= 0.3 is 0 Å². The Morgan fingerprint density at radius 1 is 1.38 bits per heavy atom. The highest BCUT2D eigenvalue weighted by atomic mass is 16.5. The maximum atomic E-state index is 11.5. The Kier molecular flexibility index (Phi) is 2.67.